The van der Waals surface area contributed by atoms with Crippen LogP contribution >= 0.6 is 11.6 Å². The predicted molar refractivity (Wildman–Crippen MR) is 177 cm³/mol. The van der Waals surface area contributed by atoms with Crippen LogP contribution in [0, 0.1) is 34.9 Å². The maximum atomic E-state index is 14.5. The van der Waals surface area contributed by atoms with Crippen molar-refractivity contribution >= 4 is 40.9 Å². The number of carbonyl (C=O) groups excluding carboxylic acids is 4. The number of hydrogen-bond donors (Lipinski definition) is 1. The number of anilines is 1. The van der Waals surface area contributed by atoms with Crippen LogP contribution in [0.3, 0.4) is 0 Å². The minimum atomic E-state index is -1.31. The van der Waals surface area contributed by atoms with Gasteiger partial charge < -0.3 is 9.52 Å². The molecule has 1 saturated carbocycles. The summed E-state index contributed by atoms with van der Waals surface area (Å²) in [7, 11) is 0. The summed E-state index contributed by atoms with van der Waals surface area (Å²) >= 11 is 6.08. The Kier molecular flexibility index (Phi) is 7.89. The second-order valence-electron chi connectivity index (χ2n) is 14.3. The molecule has 5 aliphatic rings. The number of imide groups is 2. The van der Waals surface area contributed by atoms with Crippen molar-refractivity contribution in [3.05, 3.63) is 100 Å². The molecule has 11 heteroatoms. The molecule has 0 spiro atoms. The van der Waals surface area contributed by atoms with E-state index in [4.69, 9.17) is 16.0 Å². The molecule has 2 aromatic carbocycles. The number of aliphatic hydroxyl groups is 1. The molecule has 0 bridgehead atoms. The van der Waals surface area contributed by atoms with Crippen molar-refractivity contribution in [1.29, 1.82) is 0 Å². The molecular formula is C38H37ClFN3O6. The zero-order valence-corrected chi connectivity index (χ0v) is 27.8. The predicted octanol–water partition coefficient (Wildman–Crippen LogP) is 5.46. The van der Waals surface area contributed by atoms with E-state index in [1.807, 2.05) is 24.3 Å². The third kappa shape index (κ3) is 4.94. The van der Waals surface area contributed by atoms with E-state index in [0.717, 1.165) is 36.2 Å². The van der Waals surface area contributed by atoms with E-state index in [1.54, 1.807) is 19.1 Å². The summed E-state index contributed by atoms with van der Waals surface area (Å²) in [6.07, 6.45) is 3.90. The van der Waals surface area contributed by atoms with E-state index in [-0.39, 0.29) is 41.6 Å². The molecule has 49 heavy (non-hydrogen) atoms. The Bertz CT molecular complexity index is 1890. The minimum absolute atomic E-state index is 0.159. The van der Waals surface area contributed by atoms with Gasteiger partial charge >= 0.3 is 0 Å². The maximum absolute atomic E-state index is 14.5. The van der Waals surface area contributed by atoms with Gasteiger partial charge in [0.05, 0.1) is 39.8 Å². The highest BCUT2D eigenvalue weighted by Gasteiger charge is 2.68. The van der Waals surface area contributed by atoms with E-state index < -0.39 is 52.6 Å². The van der Waals surface area contributed by atoms with Crippen LogP contribution in [0.1, 0.15) is 55.6 Å². The van der Waals surface area contributed by atoms with Gasteiger partial charge in [0, 0.05) is 25.7 Å². The maximum Gasteiger partial charge on any atom is 0.241 e. The molecule has 1 N–H and O–H groups in total. The van der Waals surface area contributed by atoms with Crippen molar-refractivity contribution in [2.45, 2.75) is 57.7 Å². The second-order valence-corrected chi connectivity index (χ2v) is 14.7. The first-order chi connectivity index (χ1) is 23.6. The first-order valence-corrected chi connectivity index (χ1v) is 17.4. The first kappa shape index (κ1) is 32.1. The summed E-state index contributed by atoms with van der Waals surface area (Å²) in [6.45, 7) is 3.75. The topological polar surface area (TPSA) is 111 Å². The summed E-state index contributed by atoms with van der Waals surface area (Å²) < 4.78 is 20.2. The molecule has 1 aromatic heterocycles. The van der Waals surface area contributed by atoms with Gasteiger partial charge in [-0.05, 0) is 74.4 Å². The van der Waals surface area contributed by atoms with Gasteiger partial charge in [-0.15, -0.1) is 0 Å². The van der Waals surface area contributed by atoms with Crippen LogP contribution in [-0.4, -0.2) is 57.7 Å². The fourth-order valence-corrected chi connectivity index (χ4v) is 9.56. The summed E-state index contributed by atoms with van der Waals surface area (Å²) in [5.74, 6) is -4.52. The Labute approximate surface area is 288 Å². The molecule has 4 heterocycles. The zero-order chi connectivity index (χ0) is 34.2. The van der Waals surface area contributed by atoms with Crippen LogP contribution in [0.25, 0.3) is 0 Å². The van der Waals surface area contributed by atoms with Crippen molar-refractivity contribution in [3.63, 3.8) is 0 Å². The highest BCUT2D eigenvalue weighted by molar-refractivity contribution is 6.31. The Hall–Kier alpha value is -4.12. The number of amides is 4. The van der Waals surface area contributed by atoms with E-state index in [1.165, 1.54) is 22.6 Å². The molecule has 2 aliphatic carbocycles. The number of carbonyl (C=O) groups is 4. The quantitative estimate of drug-likeness (QED) is 0.271. The average Bonchev–Trinajstić information content (AvgIpc) is 3.73. The summed E-state index contributed by atoms with van der Waals surface area (Å²) in [5.41, 5.74) is 0.883. The Morgan fingerprint density at radius 1 is 0.959 bits per heavy atom. The largest absolute Gasteiger partial charge is 0.463 e. The monoisotopic (exact) mass is 685 g/mol. The van der Waals surface area contributed by atoms with Crippen molar-refractivity contribution in [2.75, 3.05) is 18.0 Å². The molecule has 254 valence electrons. The molecule has 8 rings (SSSR count). The molecule has 3 aliphatic heterocycles. The number of hydrogen-bond acceptors (Lipinski definition) is 7. The van der Waals surface area contributed by atoms with Crippen LogP contribution in [-0.2, 0) is 32.3 Å². The van der Waals surface area contributed by atoms with Crippen molar-refractivity contribution in [3.8, 4) is 0 Å². The molecule has 0 unspecified atom stereocenters. The van der Waals surface area contributed by atoms with Gasteiger partial charge in [0.2, 0.25) is 23.6 Å². The normalized spacial score (nSPS) is 30.4. The van der Waals surface area contributed by atoms with Crippen molar-refractivity contribution < 1.29 is 33.1 Å². The molecule has 6 atom stereocenters. The molecule has 0 radical (unpaired) electrons. The minimum Gasteiger partial charge on any atom is -0.463 e. The third-order valence-electron chi connectivity index (χ3n) is 11.8. The second kappa shape index (κ2) is 12.0. The highest BCUT2D eigenvalue weighted by Crippen LogP contribution is 2.64. The molecular weight excluding hydrogens is 649 g/mol. The third-order valence-corrected chi connectivity index (χ3v) is 12.1. The first-order valence-electron chi connectivity index (χ1n) is 17.0. The van der Waals surface area contributed by atoms with Gasteiger partial charge in [0.1, 0.15) is 23.9 Å². The number of furan rings is 1. The number of allylic oxidation sites excluding steroid dienone is 2. The SMILES string of the molecule is C[C@@]12C(=O)N(c3ccc(F)c(Cl)c3)C(=O)[C@@H]1C[C@@H]1C(=CC[C@@H]3C(=O)N(C4CCN(Cc5ccccc5)CC4)C(=O)[C@@H]31)[C@@H]2c1ccc(CO)o1. The number of rotatable bonds is 6. The van der Waals surface area contributed by atoms with Crippen LogP contribution in [0.15, 0.2) is 76.7 Å². The van der Waals surface area contributed by atoms with Gasteiger partial charge in [-0.1, -0.05) is 53.6 Å². The fraction of sp³-hybridized carbons (Fsp3) is 0.421. The van der Waals surface area contributed by atoms with Crippen molar-refractivity contribution in [2.24, 2.45) is 29.1 Å². The van der Waals surface area contributed by atoms with Gasteiger partial charge in [-0.2, -0.15) is 0 Å². The summed E-state index contributed by atoms with van der Waals surface area (Å²) in [6, 6.07) is 17.1. The average molecular weight is 686 g/mol. The molecule has 3 saturated heterocycles. The fourth-order valence-electron chi connectivity index (χ4n) is 9.38. The molecule has 3 aromatic rings. The standard InChI is InChI=1S/C38H37ClFN3O6/c1-38-28(35(46)43(37(38)48)23-7-11-30(40)29(39)17-23)18-27-25(33(38)31-12-8-24(20-44)49-31)9-10-26-32(27)36(47)42(34(26)45)22-13-15-41(16-14-22)19-21-5-3-2-4-6-21/h2-9,11-12,17,22,26-28,32-33,44H,10,13-16,18-20H2,1H3/t26-,27+,28-,32-,33+,38+/m0/s1. The highest BCUT2D eigenvalue weighted by atomic mass is 35.5. The number of halogens is 2. The number of likely N-dealkylation sites (tertiary alicyclic amines) is 2. The van der Waals surface area contributed by atoms with E-state index >= 15 is 0 Å². The van der Waals surface area contributed by atoms with Crippen LogP contribution in [0.5, 0.6) is 0 Å². The Morgan fingerprint density at radius 2 is 1.71 bits per heavy atom. The van der Waals surface area contributed by atoms with E-state index in [0.29, 0.717) is 30.8 Å². The number of aliphatic hydroxyl groups excluding tert-OH is 1. The Morgan fingerprint density at radius 3 is 2.41 bits per heavy atom. The lowest BCUT2D eigenvalue weighted by atomic mass is 9.52. The van der Waals surface area contributed by atoms with Crippen molar-refractivity contribution in [1.82, 2.24) is 9.80 Å². The number of fused-ring (bicyclic) bond motifs is 4. The number of benzene rings is 2. The van der Waals surface area contributed by atoms with Gasteiger partial charge in [-0.25, -0.2) is 9.29 Å². The molecule has 9 nitrogen and oxygen atoms in total. The molecule has 4 fully saturated rings. The Balaban J connectivity index is 1.11. The molecule has 4 amide bonds. The van der Waals surface area contributed by atoms with E-state index in [9.17, 15) is 28.7 Å². The van der Waals surface area contributed by atoms with Gasteiger partial charge in [-0.3, -0.25) is 29.0 Å². The lowest BCUT2D eigenvalue weighted by molar-refractivity contribution is -0.144. The van der Waals surface area contributed by atoms with Crippen LogP contribution < -0.4 is 4.90 Å². The summed E-state index contributed by atoms with van der Waals surface area (Å²) in [5, 5.41) is 9.61. The zero-order valence-electron chi connectivity index (χ0n) is 27.1. The lowest BCUT2D eigenvalue weighted by Crippen LogP contribution is -2.49. The number of nitrogens with zero attached hydrogens (tertiary/aromatic N) is 3. The lowest BCUT2D eigenvalue weighted by Gasteiger charge is -2.48. The van der Waals surface area contributed by atoms with Gasteiger partial charge in [0.15, 0.2) is 0 Å². The van der Waals surface area contributed by atoms with E-state index in [2.05, 4.69) is 17.0 Å². The van der Waals surface area contributed by atoms with Crippen LogP contribution in [0.4, 0.5) is 10.1 Å². The van der Waals surface area contributed by atoms with Gasteiger partial charge in [0.25, 0.3) is 0 Å². The smallest absolute Gasteiger partial charge is 0.241 e. The summed E-state index contributed by atoms with van der Waals surface area (Å²) in [4.78, 5) is 62.2. The van der Waals surface area contributed by atoms with Crippen LogP contribution in [0.2, 0.25) is 5.02 Å². The number of piperidine rings is 1.